The Morgan fingerprint density at radius 3 is 2.26 bits per heavy atom. The second-order valence-corrected chi connectivity index (χ2v) is 9.87. The Morgan fingerprint density at radius 2 is 1.58 bits per heavy atom. The molecule has 1 aromatic rings. The summed E-state index contributed by atoms with van der Waals surface area (Å²) in [5, 5.41) is 0. The molecule has 2 aliphatic carbocycles. The minimum atomic E-state index is 0.492. The summed E-state index contributed by atoms with van der Waals surface area (Å²) in [5.41, 5.74) is 2.61. The first-order chi connectivity index (χ1) is 15.3. The lowest BCUT2D eigenvalue weighted by Gasteiger charge is -2.29. The SMILES string of the molecule is CCCCOC1CCC(c2ccc(C#CC=CC3CCC(CCCC)CC3)cc2)CC1. The lowest BCUT2D eigenvalue weighted by molar-refractivity contribution is 0.0232. The van der Waals surface area contributed by atoms with Crippen LogP contribution in [-0.2, 0) is 4.74 Å². The molecule has 2 aliphatic rings. The summed E-state index contributed by atoms with van der Waals surface area (Å²) in [6.45, 7) is 5.47. The Bertz CT molecular complexity index is 688. The van der Waals surface area contributed by atoms with E-state index in [0.29, 0.717) is 12.0 Å². The highest BCUT2D eigenvalue weighted by molar-refractivity contribution is 5.39. The van der Waals surface area contributed by atoms with E-state index in [1.807, 2.05) is 0 Å². The third-order valence-electron chi connectivity index (χ3n) is 7.43. The Morgan fingerprint density at radius 1 is 0.871 bits per heavy atom. The average molecular weight is 421 g/mol. The molecule has 31 heavy (non-hydrogen) atoms. The minimum absolute atomic E-state index is 0.492. The number of rotatable bonds is 9. The molecule has 2 fully saturated rings. The molecule has 1 nitrogen and oxygen atoms in total. The van der Waals surface area contributed by atoms with Crippen molar-refractivity contribution in [2.45, 2.75) is 109 Å². The second kappa shape index (κ2) is 13.8. The fourth-order valence-corrected chi connectivity index (χ4v) is 5.27. The molecule has 0 heterocycles. The van der Waals surface area contributed by atoms with Gasteiger partial charge in [-0.3, -0.25) is 0 Å². The topological polar surface area (TPSA) is 9.23 Å². The maximum Gasteiger partial charge on any atom is 0.0575 e. The van der Waals surface area contributed by atoms with E-state index < -0.39 is 0 Å². The van der Waals surface area contributed by atoms with E-state index in [2.05, 4.69) is 62.1 Å². The van der Waals surface area contributed by atoms with Crippen molar-refractivity contribution < 1.29 is 4.74 Å². The second-order valence-electron chi connectivity index (χ2n) is 9.87. The largest absolute Gasteiger partial charge is 0.378 e. The maximum absolute atomic E-state index is 6.02. The molecule has 170 valence electrons. The fourth-order valence-electron chi connectivity index (χ4n) is 5.27. The van der Waals surface area contributed by atoms with Gasteiger partial charge < -0.3 is 4.74 Å². The van der Waals surface area contributed by atoms with Crippen LogP contribution in [0.15, 0.2) is 36.4 Å². The van der Waals surface area contributed by atoms with Crippen LogP contribution in [-0.4, -0.2) is 12.7 Å². The predicted molar refractivity (Wildman–Crippen MR) is 133 cm³/mol. The van der Waals surface area contributed by atoms with Crippen molar-refractivity contribution in [1.29, 1.82) is 0 Å². The number of hydrogen-bond acceptors (Lipinski definition) is 1. The van der Waals surface area contributed by atoms with Crippen LogP contribution in [0.1, 0.15) is 114 Å². The first-order valence-electron chi connectivity index (χ1n) is 13.2. The average Bonchev–Trinajstić information content (AvgIpc) is 2.82. The van der Waals surface area contributed by atoms with Gasteiger partial charge in [-0.05, 0) is 99.3 Å². The van der Waals surface area contributed by atoms with E-state index >= 15 is 0 Å². The molecule has 1 heteroatoms. The van der Waals surface area contributed by atoms with E-state index in [1.165, 1.54) is 89.0 Å². The summed E-state index contributed by atoms with van der Waals surface area (Å²) < 4.78 is 6.02. The molecule has 0 unspecified atom stereocenters. The van der Waals surface area contributed by atoms with Crippen LogP contribution < -0.4 is 0 Å². The van der Waals surface area contributed by atoms with Crippen LogP contribution >= 0.6 is 0 Å². The maximum atomic E-state index is 6.02. The summed E-state index contributed by atoms with van der Waals surface area (Å²) in [6, 6.07) is 9.01. The molecular weight excluding hydrogens is 376 g/mol. The Hall–Kier alpha value is -1.52. The summed E-state index contributed by atoms with van der Waals surface area (Å²) in [7, 11) is 0. The number of benzene rings is 1. The quantitative estimate of drug-likeness (QED) is 0.288. The van der Waals surface area contributed by atoms with Gasteiger partial charge in [-0.15, -0.1) is 0 Å². The van der Waals surface area contributed by atoms with Crippen molar-refractivity contribution in [3.63, 3.8) is 0 Å². The van der Waals surface area contributed by atoms with E-state index in [4.69, 9.17) is 4.74 Å². The molecule has 0 bridgehead atoms. The number of allylic oxidation sites excluding steroid dienone is 2. The van der Waals surface area contributed by atoms with Gasteiger partial charge in [0.1, 0.15) is 0 Å². The number of ether oxygens (including phenoxy) is 1. The van der Waals surface area contributed by atoms with Crippen LogP contribution in [0.3, 0.4) is 0 Å². The first-order valence-corrected chi connectivity index (χ1v) is 13.2. The zero-order valence-electron chi connectivity index (χ0n) is 20.1. The molecule has 0 radical (unpaired) electrons. The van der Waals surface area contributed by atoms with Crippen molar-refractivity contribution in [3.8, 4) is 11.8 Å². The molecule has 0 N–H and O–H groups in total. The van der Waals surface area contributed by atoms with Gasteiger partial charge in [-0.2, -0.15) is 0 Å². The molecule has 0 saturated heterocycles. The zero-order valence-corrected chi connectivity index (χ0v) is 20.1. The molecule has 0 spiro atoms. The summed E-state index contributed by atoms with van der Waals surface area (Å²) >= 11 is 0. The molecule has 1 aromatic carbocycles. The third kappa shape index (κ3) is 8.50. The van der Waals surface area contributed by atoms with Crippen LogP contribution in [0, 0.1) is 23.7 Å². The molecule has 0 amide bonds. The van der Waals surface area contributed by atoms with E-state index in [0.717, 1.165) is 24.0 Å². The Balaban J connectivity index is 1.38. The van der Waals surface area contributed by atoms with Gasteiger partial charge in [-0.1, -0.05) is 69.6 Å². The summed E-state index contributed by atoms with van der Waals surface area (Å²) in [4.78, 5) is 0. The summed E-state index contributed by atoms with van der Waals surface area (Å²) in [5.74, 6) is 9.03. The van der Waals surface area contributed by atoms with Crippen molar-refractivity contribution in [2.24, 2.45) is 11.8 Å². The van der Waals surface area contributed by atoms with Gasteiger partial charge in [0.25, 0.3) is 0 Å². The molecule has 2 saturated carbocycles. The Labute approximate surface area is 192 Å². The van der Waals surface area contributed by atoms with Gasteiger partial charge in [0.15, 0.2) is 0 Å². The van der Waals surface area contributed by atoms with Crippen molar-refractivity contribution in [2.75, 3.05) is 6.61 Å². The van der Waals surface area contributed by atoms with Crippen LogP contribution in [0.4, 0.5) is 0 Å². The molecule has 0 aromatic heterocycles. The van der Waals surface area contributed by atoms with E-state index in [9.17, 15) is 0 Å². The Kier molecular flexibility index (Phi) is 10.7. The normalized spacial score (nSPS) is 26.5. The number of hydrogen-bond donors (Lipinski definition) is 0. The van der Waals surface area contributed by atoms with Crippen molar-refractivity contribution in [1.82, 2.24) is 0 Å². The van der Waals surface area contributed by atoms with Crippen molar-refractivity contribution in [3.05, 3.63) is 47.5 Å². The number of unbranched alkanes of at least 4 members (excludes halogenated alkanes) is 2. The molecular formula is C30H44O. The van der Waals surface area contributed by atoms with Crippen molar-refractivity contribution >= 4 is 0 Å². The monoisotopic (exact) mass is 420 g/mol. The highest BCUT2D eigenvalue weighted by atomic mass is 16.5. The fraction of sp³-hybridized carbons (Fsp3) is 0.667. The van der Waals surface area contributed by atoms with Gasteiger partial charge in [0.05, 0.1) is 6.10 Å². The minimum Gasteiger partial charge on any atom is -0.378 e. The molecule has 0 aliphatic heterocycles. The molecule has 0 atom stereocenters. The summed E-state index contributed by atoms with van der Waals surface area (Å²) in [6.07, 6.45) is 22.0. The molecule has 3 rings (SSSR count). The predicted octanol–water partition coefficient (Wildman–Crippen LogP) is 8.43. The highest BCUT2D eigenvalue weighted by Gasteiger charge is 2.22. The highest BCUT2D eigenvalue weighted by Crippen LogP contribution is 2.34. The standard InChI is InChI=1S/C30H44O/c1-3-5-9-25-12-14-26(15-13-25)10-7-8-11-27-16-18-28(19-17-27)29-20-22-30(23-21-29)31-24-6-4-2/h7,10,16-19,25-26,29-30H,3-6,9,12-15,20-24H2,1-2H3. The van der Waals surface area contributed by atoms with Gasteiger partial charge >= 0.3 is 0 Å². The zero-order chi connectivity index (χ0) is 21.7. The third-order valence-corrected chi connectivity index (χ3v) is 7.43. The van der Waals surface area contributed by atoms with Crippen LogP contribution in [0.25, 0.3) is 0 Å². The van der Waals surface area contributed by atoms with E-state index in [1.54, 1.807) is 0 Å². The van der Waals surface area contributed by atoms with Gasteiger partial charge in [0.2, 0.25) is 0 Å². The van der Waals surface area contributed by atoms with Crippen LogP contribution in [0.5, 0.6) is 0 Å². The van der Waals surface area contributed by atoms with Gasteiger partial charge in [0, 0.05) is 12.2 Å². The smallest absolute Gasteiger partial charge is 0.0575 e. The lowest BCUT2D eigenvalue weighted by Crippen LogP contribution is -2.21. The lowest BCUT2D eigenvalue weighted by atomic mass is 9.80. The van der Waals surface area contributed by atoms with Gasteiger partial charge in [-0.25, -0.2) is 0 Å². The van der Waals surface area contributed by atoms with Crippen LogP contribution in [0.2, 0.25) is 0 Å². The van der Waals surface area contributed by atoms with E-state index in [-0.39, 0.29) is 0 Å². The first kappa shape index (κ1) is 24.1.